The van der Waals surface area contributed by atoms with Gasteiger partial charge in [0, 0.05) is 5.69 Å². The van der Waals surface area contributed by atoms with Crippen molar-refractivity contribution >= 4 is 45.1 Å². The predicted octanol–water partition coefficient (Wildman–Crippen LogP) is 2.37. The molecule has 2 aromatic heterocycles. The first-order valence-corrected chi connectivity index (χ1v) is 9.81. The number of methoxy groups -OCH3 is 1. The molecule has 0 saturated carbocycles. The number of esters is 2. The molecule has 0 bridgehead atoms. The average molecular weight is 429 g/mol. The number of hydrogen-bond donors (Lipinski definition) is 1. The minimum absolute atomic E-state index is 0.244. The van der Waals surface area contributed by atoms with Crippen molar-refractivity contribution in [1.29, 1.82) is 0 Å². The summed E-state index contributed by atoms with van der Waals surface area (Å²) >= 11 is 1.07. The van der Waals surface area contributed by atoms with E-state index in [1.165, 1.54) is 19.5 Å². The molecule has 0 aliphatic rings. The average Bonchev–Trinajstić information content (AvgIpc) is 3.07. The number of amides is 1. The first kappa shape index (κ1) is 21.2. The second kappa shape index (κ2) is 8.87. The van der Waals surface area contributed by atoms with Gasteiger partial charge in [-0.3, -0.25) is 14.2 Å². The van der Waals surface area contributed by atoms with Gasteiger partial charge in [0.2, 0.25) is 5.91 Å². The molecule has 0 fully saturated rings. The number of rotatable bonds is 6. The molecule has 1 aromatic carbocycles. The molecule has 3 rings (SSSR count). The molecule has 30 heavy (non-hydrogen) atoms. The van der Waals surface area contributed by atoms with Gasteiger partial charge in [0.25, 0.3) is 5.56 Å². The number of hydrogen-bond acceptors (Lipinski definition) is 8. The lowest BCUT2D eigenvalue weighted by Crippen LogP contribution is -2.28. The fourth-order valence-corrected chi connectivity index (χ4v) is 3.91. The van der Waals surface area contributed by atoms with Crippen molar-refractivity contribution < 1.29 is 23.9 Å². The molecule has 10 heteroatoms. The number of carbonyl (C=O) groups excluding carboxylic acids is 3. The van der Waals surface area contributed by atoms with Gasteiger partial charge in [0.1, 0.15) is 16.3 Å². The zero-order chi connectivity index (χ0) is 21.8. The largest absolute Gasteiger partial charge is 0.465 e. The van der Waals surface area contributed by atoms with Gasteiger partial charge in [-0.25, -0.2) is 14.6 Å². The van der Waals surface area contributed by atoms with E-state index < -0.39 is 23.4 Å². The highest BCUT2D eigenvalue weighted by atomic mass is 32.1. The van der Waals surface area contributed by atoms with Crippen molar-refractivity contribution in [2.24, 2.45) is 0 Å². The first-order chi connectivity index (χ1) is 14.3. The lowest BCUT2D eigenvalue weighted by molar-refractivity contribution is -0.116. The van der Waals surface area contributed by atoms with Crippen LogP contribution in [-0.4, -0.2) is 41.1 Å². The number of anilines is 1. The minimum atomic E-state index is -0.541. The second-order valence-corrected chi connectivity index (χ2v) is 7.25. The lowest BCUT2D eigenvalue weighted by atomic mass is 10.2. The van der Waals surface area contributed by atoms with Crippen LogP contribution in [0.15, 0.2) is 35.4 Å². The predicted molar refractivity (Wildman–Crippen MR) is 111 cm³/mol. The van der Waals surface area contributed by atoms with Gasteiger partial charge >= 0.3 is 11.9 Å². The lowest BCUT2D eigenvalue weighted by Gasteiger charge is -2.09. The molecule has 0 unspecified atom stereocenters. The number of nitrogens with zero attached hydrogens (tertiary/aromatic N) is 2. The summed E-state index contributed by atoms with van der Waals surface area (Å²) < 4.78 is 10.8. The SMILES string of the molecule is CCOC(=O)c1cccc(NC(=O)Cn2cnc3sc(C(=O)OC)c(C)c3c2=O)c1. The molecule has 0 atom stereocenters. The van der Waals surface area contributed by atoms with E-state index >= 15 is 0 Å². The highest BCUT2D eigenvalue weighted by Gasteiger charge is 2.20. The van der Waals surface area contributed by atoms with Crippen molar-refractivity contribution in [2.45, 2.75) is 20.4 Å². The third kappa shape index (κ3) is 4.23. The highest BCUT2D eigenvalue weighted by molar-refractivity contribution is 7.20. The number of carbonyl (C=O) groups is 3. The third-order valence-electron chi connectivity index (χ3n) is 4.26. The Balaban J connectivity index is 1.82. The Morgan fingerprint density at radius 1 is 1.23 bits per heavy atom. The maximum atomic E-state index is 12.8. The van der Waals surface area contributed by atoms with Crippen LogP contribution in [0.3, 0.4) is 0 Å². The van der Waals surface area contributed by atoms with Crippen LogP contribution in [0.5, 0.6) is 0 Å². The fraction of sp³-hybridized carbons (Fsp3) is 0.250. The maximum absolute atomic E-state index is 12.8. The minimum Gasteiger partial charge on any atom is -0.465 e. The smallest absolute Gasteiger partial charge is 0.348 e. The summed E-state index contributed by atoms with van der Waals surface area (Å²) in [4.78, 5) is 53.8. The van der Waals surface area contributed by atoms with Crippen molar-refractivity contribution in [3.8, 4) is 0 Å². The van der Waals surface area contributed by atoms with E-state index in [2.05, 4.69) is 10.3 Å². The zero-order valence-corrected chi connectivity index (χ0v) is 17.4. The Bertz CT molecular complexity index is 1200. The molecule has 0 aliphatic heterocycles. The molecule has 0 aliphatic carbocycles. The summed E-state index contributed by atoms with van der Waals surface area (Å²) in [5.74, 6) is -1.50. The molecule has 0 spiro atoms. The molecule has 0 saturated heterocycles. The van der Waals surface area contributed by atoms with Crippen LogP contribution in [0.4, 0.5) is 5.69 Å². The van der Waals surface area contributed by atoms with Crippen molar-refractivity contribution in [3.05, 3.63) is 57.0 Å². The summed E-state index contributed by atoms with van der Waals surface area (Å²) in [7, 11) is 1.26. The van der Waals surface area contributed by atoms with Crippen LogP contribution in [0.25, 0.3) is 10.2 Å². The van der Waals surface area contributed by atoms with E-state index in [9.17, 15) is 19.2 Å². The molecule has 2 heterocycles. The summed E-state index contributed by atoms with van der Waals surface area (Å²) in [5.41, 5.74) is 0.738. The van der Waals surface area contributed by atoms with E-state index in [-0.39, 0.29) is 18.5 Å². The fourth-order valence-electron chi connectivity index (χ4n) is 2.85. The van der Waals surface area contributed by atoms with Gasteiger partial charge in [-0.15, -0.1) is 11.3 Å². The van der Waals surface area contributed by atoms with Crippen molar-refractivity contribution in [2.75, 3.05) is 19.0 Å². The van der Waals surface area contributed by atoms with Gasteiger partial charge < -0.3 is 14.8 Å². The molecular formula is C20H19N3O6S. The Kier molecular flexibility index (Phi) is 6.26. The number of fused-ring (bicyclic) bond motifs is 1. The van der Waals surface area contributed by atoms with E-state index in [4.69, 9.17) is 9.47 Å². The van der Waals surface area contributed by atoms with Crippen LogP contribution < -0.4 is 10.9 Å². The molecule has 3 aromatic rings. The molecule has 156 valence electrons. The van der Waals surface area contributed by atoms with E-state index in [0.717, 1.165) is 15.9 Å². The Hall–Kier alpha value is -3.53. The number of nitrogens with one attached hydrogen (secondary N) is 1. The first-order valence-electron chi connectivity index (χ1n) is 8.99. The van der Waals surface area contributed by atoms with Gasteiger partial charge in [-0.05, 0) is 37.6 Å². The molecule has 1 N–H and O–H groups in total. The molecule has 0 radical (unpaired) electrons. The van der Waals surface area contributed by atoms with Crippen LogP contribution in [0.1, 0.15) is 32.5 Å². The normalized spacial score (nSPS) is 10.6. The number of ether oxygens (including phenoxy) is 2. The number of aromatic nitrogens is 2. The van der Waals surface area contributed by atoms with E-state index in [1.807, 2.05) is 0 Å². The quantitative estimate of drug-likeness (QED) is 0.598. The number of thiophene rings is 1. The molecule has 1 amide bonds. The van der Waals surface area contributed by atoms with Gasteiger partial charge in [-0.2, -0.15) is 0 Å². The summed E-state index contributed by atoms with van der Waals surface area (Å²) in [6.07, 6.45) is 1.26. The van der Waals surface area contributed by atoms with Gasteiger partial charge in [0.05, 0.1) is 31.0 Å². The molecule has 9 nitrogen and oxygen atoms in total. The third-order valence-corrected chi connectivity index (χ3v) is 5.44. The monoisotopic (exact) mass is 429 g/mol. The Morgan fingerprint density at radius 3 is 2.70 bits per heavy atom. The number of aryl methyl sites for hydroxylation is 1. The summed E-state index contributed by atoms with van der Waals surface area (Å²) in [6, 6.07) is 6.31. The van der Waals surface area contributed by atoms with Crippen LogP contribution in [0, 0.1) is 6.92 Å². The second-order valence-electron chi connectivity index (χ2n) is 6.25. The van der Waals surface area contributed by atoms with Crippen LogP contribution in [0.2, 0.25) is 0 Å². The standard InChI is InChI=1S/C20H19N3O6S/c1-4-29-19(26)12-6-5-7-13(8-12)22-14(24)9-23-10-21-17-15(18(23)25)11(2)16(30-17)20(27)28-3/h5-8,10H,4,9H2,1-3H3,(H,22,24). The van der Waals surface area contributed by atoms with Crippen LogP contribution in [-0.2, 0) is 20.8 Å². The molecular weight excluding hydrogens is 410 g/mol. The Morgan fingerprint density at radius 2 is 2.00 bits per heavy atom. The van der Waals surface area contributed by atoms with Gasteiger partial charge in [0.15, 0.2) is 0 Å². The van der Waals surface area contributed by atoms with E-state index in [1.54, 1.807) is 32.0 Å². The number of benzene rings is 1. The topological polar surface area (TPSA) is 117 Å². The maximum Gasteiger partial charge on any atom is 0.348 e. The summed E-state index contributed by atoms with van der Waals surface area (Å²) in [6.45, 7) is 3.30. The van der Waals surface area contributed by atoms with Crippen LogP contribution >= 0.6 is 11.3 Å². The highest BCUT2D eigenvalue weighted by Crippen LogP contribution is 2.27. The summed E-state index contributed by atoms with van der Waals surface area (Å²) in [5, 5.41) is 2.92. The Labute approximate surface area is 175 Å². The van der Waals surface area contributed by atoms with Crippen molar-refractivity contribution in [3.63, 3.8) is 0 Å². The van der Waals surface area contributed by atoms with Gasteiger partial charge in [-0.1, -0.05) is 6.07 Å². The van der Waals surface area contributed by atoms with E-state index in [0.29, 0.717) is 26.5 Å². The van der Waals surface area contributed by atoms with Crippen molar-refractivity contribution in [1.82, 2.24) is 9.55 Å². The zero-order valence-electron chi connectivity index (χ0n) is 16.6.